The fourth-order valence-corrected chi connectivity index (χ4v) is 2.98. The van der Waals surface area contributed by atoms with Crippen molar-refractivity contribution in [2.24, 2.45) is 0 Å². The molecule has 0 unspecified atom stereocenters. The molecule has 1 heterocycles. The van der Waals surface area contributed by atoms with Gasteiger partial charge in [0.1, 0.15) is 5.82 Å². The standard InChI is InChI=1S/C20H19BrN4O2/c1-13(2)25-18(9-10-22-25)24-20(27)15-6-4-8-17(12-15)23-19(26)14-5-3-7-16(21)11-14/h3-13H,1-2H3,(H,23,26)(H,24,27). The Bertz CT molecular complexity index is 981. The molecule has 0 saturated heterocycles. The zero-order valence-electron chi connectivity index (χ0n) is 14.9. The number of hydrogen-bond acceptors (Lipinski definition) is 3. The van der Waals surface area contributed by atoms with Gasteiger partial charge in [0.05, 0.1) is 6.20 Å². The summed E-state index contributed by atoms with van der Waals surface area (Å²) in [5.41, 5.74) is 1.52. The van der Waals surface area contributed by atoms with Crippen LogP contribution in [0, 0.1) is 0 Å². The number of hydrogen-bond donors (Lipinski definition) is 2. The minimum atomic E-state index is -0.268. The van der Waals surface area contributed by atoms with Crippen LogP contribution in [0.5, 0.6) is 0 Å². The Morgan fingerprint density at radius 3 is 2.33 bits per heavy atom. The first kappa shape index (κ1) is 18.8. The van der Waals surface area contributed by atoms with E-state index < -0.39 is 0 Å². The number of aromatic nitrogens is 2. The topological polar surface area (TPSA) is 76.0 Å². The van der Waals surface area contributed by atoms with Gasteiger partial charge in [-0.3, -0.25) is 9.59 Å². The highest BCUT2D eigenvalue weighted by Crippen LogP contribution is 2.18. The fourth-order valence-electron chi connectivity index (χ4n) is 2.58. The van der Waals surface area contributed by atoms with Gasteiger partial charge >= 0.3 is 0 Å². The molecule has 27 heavy (non-hydrogen) atoms. The maximum absolute atomic E-state index is 12.6. The van der Waals surface area contributed by atoms with Crippen molar-refractivity contribution in [3.05, 3.63) is 76.4 Å². The molecule has 1 aromatic heterocycles. The van der Waals surface area contributed by atoms with Gasteiger partial charge in [0.25, 0.3) is 11.8 Å². The number of nitrogens with zero attached hydrogens (tertiary/aromatic N) is 2. The van der Waals surface area contributed by atoms with Crippen molar-refractivity contribution in [3.63, 3.8) is 0 Å². The van der Waals surface area contributed by atoms with Gasteiger partial charge < -0.3 is 10.6 Å². The second kappa shape index (κ2) is 8.18. The fraction of sp³-hybridized carbons (Fsp3) is 0.150. The highest BCUT2D eigenvalue weighted by atomic mass is 79.9. The van der Waals surface area contributed by atoms with E-state index >= 15 is 0 Å². The van der Waals surface area contributed by atoms with Crippen LogP contribution in [-0.4, -0.2) is 21.6 Å². The summed E-state index contributed by atoms with van der Waals surface area (Å²) in [4.78, 5) is 24.9. The van der Waals surface area contributed by atoms with Crippen LogP contribution in [0.1, 0.15) is 40.6 Å². The number of carbonyl (C=O) groups is 2. The number of nitrogens with one attached hydrogen (secondary N) is 2. The Morgan fingerprint density at radius 1 is 0.963 bits per heavy atom. The summed E-state index contributed by atoms with van der Waals surface area (Å²) in [5, 5.41) is 9.86. The maximum Gasteiger partial charge on any atom is 0.256 e. The third-order valence-corrected chi connectivity index (χ3v) is 4.36. The van der Waals surface area contributed by atoms with Crippen LogP contribution in [0.15, 0.2) is 65.3 Å². The van der Waals surface area contributed by atoms with E-state index in [1.54, 1.807) is 59.4 Å². The zero-order chi connectivity index (χ0) is 19.4. The van der Waals surface area contributed by atoms with Gasteiger partial charge in [0.15, 0.2) is 0 Å². The molecule has 0 aliphatic heterocycles. The predicted octanol–water partition coefficient (Wildman–Crippen LogP) is 4.73. The molecule has 2 N–H and O–H groups in total. The monoisotopic (exact) mass is 426 g/mol. The van der Waals surface area contributed by atoms with Crippen molar-refractivity contribution in [1.29, 1.82) is 0 Å². The molecule has 0 atom stereocenters. The summed E-state index contributed by atoms with van der Waals surface area (Å²) in [6.07, 6.45) is 1.64. The average Bonchev–Trinajstić information content (AvgIpc) is 3.10. The molecular weight excluding hydrogens is 408 g/mol. The lowest BCUT2D eigenvalue weighted by Gasteiger charge is -2.12. The molecule has 3 aromatic rings. The van der Waals surface area contributed by atoms with E-state index in [0.717, 1.165) is 4.47 Å². The summed E-state index contributed by atoms with van der Waals surface area (Å²) in [6, 6.07) is 15.8. The lowest BCUT2D eigenvalue weighted by atomic mass is 10.1. The molecule has 0 fully saturated rings. The Balaban J connectivity index is 1.74. The second-order valence-corrected chi connectivity index (χ2v) is 7.17. The normalized spacial score (nSPS) is 10.7. The van der Waals surface area contributed by atoms with Crippen LogP contribution < -0.4 is 10.6 Å². The lowest BCUT2D eigenvalue weighted by Crippen LogP contribution is -2.17. The van der Waals surface area contributed by atoms with Crippen molar-refractivity contribution >= 4 is 39.2 Å². The van der Waals surface area contributed by atoms with Crippen LogP contribution in [0.4, 0.5) is 11.5 Å². The minimum Gasteiger partial charge on any atom is -0.322 e. The maximum atomic E-state index is 12.6. The van der Waals surface area contributed by atoms with E-state index in [2.05, 4.69) is 31.7 Å². The largest absolute Gasteiger partial charge is 0.322 e. The molecule has 0 radical (unpaired) electrons. The third kappa shape index (κ3) is 4.62. The molecule has 6 nitrogen and oxygen atoms in total. The van der Waals surface area contributed by atoms with Gasteiger partial charge in [-0.05, 0) is 50.2 Å². The average molecular weight is 427 g/mol. The highest BCUT2D eigenvalue weighted by molar-refractivity contribution is 9.10. The summed E-state index contributed by atoms with van der Waals surface area (Å²) in [7, 11) is 0. The summed E-state index contributed by atoms with van der Waals surface area (Å²) in [5.74, 6) is 0.112. The quantitative estimate of drug-likeness (QED) is 0.618. The van der Waals surface area contributed by atoms with Crippen LogP contribution in [0.25, 0.3) is 0 Å². The van der Waals surface area contributed by atoms with Crippen molar-refractivity contribution < 1.29 is 9.59 Å². The predicted molar refractivity (Wildman–Crippen MR) is 109 cm³/mol. The van der Waals surface area contributed by atoms with E-state index in [9.17, 15) is 9.59 Å². The van der Waals surface area contributed by atoms with Crippen LogP contribution >= 0.6 is 15.9 Å². The Hall–Kier alpha value is -2.93. The second-order valence-electron chi connectivity index (χ2n) is 6.25. The van der Waals surface area contributed by atoms with E-state index in [1.807, 2.05) is 19.9 Å². The van der Waals surface area contributed by atoms with Crippen LogP contribution in [0.3, 0.4) is 0 Å². The zero-order valence-corrected chi connectivity index (χ0v) is 16.5. The first-order chi connectivity index (χ1) is 12.9. The van der Waals surface area contributed by atoms with Crippen molar-refractivity contribution in [3.8, 4) is 0 Å². The van der Waals surface area contributed by atoms with Gasteiger partial charge in [-0.15, -0.1) is 0 Å². The molecule has 2 amide bonds. The summed E-state index contributed by atoms with van der Waals surface area (Å²) in [6.45, 7) is 3.97. The van der Waals surface area contributed by atoms with E-state index in [1.165, 1.54) is 0 Å². The first-order valence-electron chi connectivity index (χ1n) is 8.46. The van der Waals surface area contributed by atoms with E-state index in [0.29, 0.717) is 22.6 Å². The Labute approximate surface area is 165 Å². The lowest BCUT2D eigenvalue weighted by molar-refractivity contribution is 0.101. The Morgan fingerprint density at radius 2 is 1.63 bits per heavy atom. The number of anilines is 2. The third-order valence-electron chi connectivity index (χ3n) is 3.87. The molecule has 0 bridgehead atoms. The molecule has 3 rings (SSSR count). The SMILES string of the molecule is CC(C)n1nccc1NC(=O)c1cccc(NC(=O)c2cccc(Br)c2)c1. The van der Waals surface area contributed by atoms with Gasteiger partial charge in [0.2, 0.25) is 0 Å². The first-order valence-corrected chi connectivity index (χ1v) is 9.25. The number of rotatable bonds is 5. The van der Waals surface area contributed by atoms with Crippen LogP contribution in [0.2, 0.25) is 0 Å². The highest BCUT2D eigenvalue weighted by Gasteiger charge is 2.13. The number of benzene rings is 2. The summed E-state index contributed by atoms with van der Waals surface area (Å²) >= 11 is 3.35. The number of carbonyl (C=O) groups excluding carboxylic acids is 2. The number of halogens is 1. The van der Waals surface area contributed by atoms with Gasteiger partial charge in [0, 0.05) is 33.4 Å². The van der Waals surface area contributed by atoms with Gasteiger partial charge in [-0.25, -0.2) is 4.68 Å². The molecule has 0 spiro atoms. The summed E-state index contributed by atoms with van der Waals surface area (Å²) < 4.78 is 2.56. The van der Waals surface area contributed by atoms with Crippen LogP contribution in [-0.2, 0) is 0 Å². The molecule has 0 aliphatic rings. The molecule has 7 heteroatoms. The molecule has 0 saturated carbocycles. The Kier molecular flexibility index (Phi) is 5.71. The number of amides is 2. The van der Waals surface area contributed by atoms with Gasteiger partial charge in [-0.2, -0.15) is 5.10 Å². The molecule has 0 aliphatic carbocycles. The van der Waals surface area contributed by atoms with Crippen molar-refractivity contribution in [2.45, 2.75) is 19.9 Å². The van der Waals surface area contributed by atoms with Gasteiger partial charge in [-0.1, -0.05) is 28.1 Å². The molecule has 138 valence electrons. The van der Waals surface area contributed by atoms with E-state index in [4.69, 9.17) is 0 Å². The molecule has 2 aromatic carbocycles. The minimum absolute atomic E-state index is 0.131. The molecular formula is C20H19BrN4O2. The van der Waals surface area contributed by atoms with E-state index in [-0.39, 0.29) is 17.9 Å². The van der Waals surface area contributed by atoms with Crippen molar-refractivity contribution in [1.82, 2.24) is 9.78 Å². The smallest absolute Gasteiger partial charge is 0.256 e. The van der Waals surface area contributed by atoms with Crippen molar-refractivity contribution in [2.75, 3.05) is 10.6 Å².